The third-order valence-electron chi connectivity index (χ3n) is 5.48. The standard InChI is InChI=1S/C17H22IN3O2/c18-5-9-4-11(16-10(15(9)19)2-1-3-23-16)17(22)21-8-14-12-6-20-7-13(12)14/h4,12-14,20H,1-3,5-8,19H2,(H,21,22). The van der Waals surface area contributed by atoms with Gasteiger partial charge in [-0.2, -0.15) is 0 Å². The molecule has 1 amide bonds. The zero-order valence-electron chi connectivity index (χ0n) is 13.0. The molecule has 4 N–H and O–H groups in total. The molecular weight excluding hydrogens is 405 g/mol. The van der Waals surface area contributed by atoms with Gasteiger partial charge in [-0.1, -0.05) is 22.6 Å². The Balaban J connectivity index is 1.53. The van der Waals surface area contributed by atoms with E-state index in [4.69, 9.17) is 10.5 Å². The van der Waals surface area contributed by atoms with Gasteiger partial charge >= 0.3 is 0 Å². The average molecular weight is 427 g/mol. The number of benzene rings is 1. The van der Waals surface area contributed by atoms with E-state index in [0.717, 1.165) is 65.6 Å². The summed E-state index contributed by atoms with van der Waals surface area (Å²) < 4.78 is 6.60. The number of ether oxygens (including phenoxy) is 1. The highest BCUT2D eigenvalue weighted by molar-refractivity contribution is 14.1. The van der Waals surface area contributed by atoms with E-state index in [1.54, 1.807) is 0 Å². The van der Waals surface area contributed by atoms with E-state index in [2.05, 4.69) is 33.2 Å². The number of hydrogen-bond acceptors (Lipinski definition) is 4. The molecule has 1 aromatic rings. The number of nitrogens with one attached hydrogen (secondary N) is 2. The minimum atomic E-state index is -0.0211. The molecule has 4 rings (SSSR count). The first-order valence-corrected chi connectivity index (χ1v) is 9.85. The number of piperidine rings is 1. The molecule has 23 heavy (non-hydrogen) atoms. The Labute approximate surface area is 149 Å². The van der Waals surface area contributed by atoms with Gasteiger partial charge in [-0.25, -0.2) is 0 Å². The van der Waals surface area contributed by atoms with Crippen LogP contribution in [0.1, 0.15) is 27.9 Å². The van der Waals surface area contributed by atoms with Crippen LogP contribution in [-0.2, 0) is 10.8 Å². The van der Waals surface area contributed by atoms with Crippen LogP contribution in [0.4, 0.5) is 5.69 Å². The highest BCUT2D eigenvalue weighted by atomic mass is 127. The Morgan fingerprint density at radius 2 is 2.22 bits per heavy atom. The number of rotatable bonds is 4. The van der Waals surface area contributed by atoms with Crippen molar-refractivity contribution in [1.29, 1.82) is 0 Å². The molecular formula is C17H22IN3O2. The van der Waals surface area contributed by atoms with Gasteiger partial charge in [0.05, 0.1) is 12.2 Å². The summed E-state index contributed by atoms with van der Waals surface area (Å²) in [5, 5.41) is 6.51. The number of nitrogens with two attached hydrogens (primary N) is 1. The normalized spacial score (nSPS) is 27.8. The SMILES string of the molecule is Nc1c(CI)cc(C(=O)NCC2C3CNCC32)c2c1CCCO2. The van der Waals surface area contributed by atoms with E-state index < -0.39 is 0 Å². The Morgan fingerprint density at radius 3 is 2.96 bits per heavy atom. The molecule has 2 unspecified atom stereocenters. The number of amides is 1. The van der Waals surface area contributed by atoms with Crippen molar-refractivity contribution >= 4 is 34.2 Å². The quantitative estimate of drug-likeness (QED) is 0.389. The van der Waals surface area contributed by atoms with E-state index >= 15 is 0 Å². The van der Waals surface area contributed by atoms with Crippen molar-refractivity contribution in [3.8, 4) is 5.75 Å². The molecule has 2 atom stereocenters. The van der Waals surface area contributed by atoms with Gasteiger partial charge in [0.1, 0.15) is 5.75 Å². The number of nitrogen functional groups attached to an aromatic ring is 1. The summed E-state index contributed by atoms with van der Waals surface area (Å²) >= 11 is 2.29. The van der Waals surface area contributed by atoms with Crippen molar-refractivity contribution < 1.29 is 9.53 Å². The van der Waals surface area contributed by atoms with Gasteiger partial charge in [0.25, 0.3) is 5.91 Å². The molecule has 0 aromatic heterocycles. The van der Waals surface area contributed by atoms with E-state index in [1.165, 1.54) is 0 Å². The number of fused-ring (bicyclic) bond motifs is 2. The van der Waals surface area contributed by atoms with Gasteiger partial charge in [0, 0.05) is 22.2 Å². The van der Waals surface area contributed by atoms with E-state index in [0.29, 0.717) is 23.8 Å². The Morgan fingerprint density at radius 1 is 1.43 bits per heavy atom. The van der Waals surface area contributed by atoms with Crippen LogP contribution in [0.15, 0.2) is 6.07 Å². The molecule has 0 radical (unpaired) electrons. The maximum Gasteiger partial charge on any atom is 0.255 e. The molecule has 1 aliphatic carbocycles. The molecule has 0 bridgehead atoms. The van der Waals surface area contributed by atoms with Crippen LogP contribution in [-0.4, -0.2) is 32.1 Å². The maximum atomic E-state index is 12.7. The number of hydrogen-bond donors (Lipinski definition) is 3. The summed E-state index contributed by atoms with van der Waals surface area (Å²) in [4.78, 5) is 12.7. The fraction of sp³-hybridized carbons (Fsp3) is 0.588. The van der Waals surface area contributed by atoms with Gasteiger partial charge in [-0.15, -0.1) is 0 Å². The number of anilines is 1. The molecule has 0 spiro atoms. The zero-order valence-corrected chi connectivity index (χ0v) is 15.2. The summed E-state index contributed by atoms with van der Waals surface area (Å²) in [5.74, 6) is 2.85. The lowest BCUT2D eigenvalue weighted by Crippen LogP contribution is -2.30. The zero-order chi connectivity index (χ0) is 16.0. The highest BCUT2D eigenvalue weighted by Gasteiger charge is 2.52. The monoisotopic (exact) mass is 427 g/mol. The molecule has 5 nitrogen and oxygen atoms in total. The lowest BCUT2D eigenvalue weighted by molar-refractivity contribution is 0.0945. The Hall–Kier alpha value is -1.02. The fourth-order valence-electron chi connectivity index (χ4n) is 4.07. The van der Waals surface area contributed by atoms with Crippen LogP contribution in [0.25, 0.3) is 0 Å². The second kappa shape index (κ2) is 6.12. The van der Waals surface area contributed by atoms with Crippen molar-refractivity contribution in [3.05, 3.63) is 22.8 Å². The number of carbonyl (C=O) groups excluding carboxylic acids is 1. The van der Waals surface area contributed by atoms with Crippen molar-refractivity contribution in [2.45, 2.75) is 17.3 Å². The molecule has 1 saturated heterocycles. The van der Waals surface area contributed by atoms with E-state index in [-0.39, 0.29) is 5.91 Å². The second-order valence-corrected chi connectivity index (χ2v) is 7.51. The van der Waals surface area contributed by atoms with Gasteiger partial charge in [-0.3, -0.25) is 4.79 Å². The predicted molar refractivity (Wildman–Crippen MR) is 98.1 cm³/mol. The van der Waals surface area contributed by atoms with Crippen LogP contribution in [0, 0.1) is 17.8 Å². The summed E-state index contributed by atoms with van der Waals surface area (Å²) in [5.41, 5.74) is 9.76. The highest BCUT2D eigenvalue weighted by Crippen LogP contribution is 2.48. The molecule has 1 aromatic carbocycles. The summed E-state index contributed by atoms with van der Waals surface area (Å²) in [6, 6.07) is 1.91. The smallest absolute Gasteiger partial charge is 0.255 e. The Bertz CT molecular complexity index is 639. The molecule has 2 fully saturated rings. The van der Waals surface area contributed by atoms with Crippen molar-refractivity contribution in [1.82, 2.24) is 10.6 Å². The first-order valence-electron chi connectivity index (χ1n) is 8.32. The van der Waals surface area contributed by atoms with Crippen LogP contribution < -0.4 is 21.1 Å². The van der Waals surface area contributed by atoms with E-state index in [1.807, 2.05) is 6.07 Å². The van der Waals surface area contributed by atoms with Crippen molar-refractivity contribution in [2.24, 2.45) is 17.8 Å². The van der Waals surface area contributed by atoms with Crippen LogP contribution in [0.5, 0.6) is 5.75 Å². The number of halogens is 1. The van der Waals surface area contributed by atoms with Gasteiger partial charge in [-0.05, 0) is 55.3 Å². The molecule has 2 heterocycles. The van der Waals surface area contributed by atoms with E-state index in [9.17, 15) is 4.79 Å². The topological polar surface area (TPSA) is 76.4 Å². The molecule has 3 aliphatic rings. The third-order valence-corrected chi connectivity index (χ3v) is 6.30. The summed E-state index contributed by atoms with van der Waals surface area (Å²) in [6.45, 7) is 3.64. The largest absolute Gasteiger partial charge is 0.492 e. The number of alkyl halides is 1. The second-order valence-electron chi connectivity index (χ2n) is 6.75. The molecule has 6 heteroatoms. The molecule has 1 saturated carbocycles. The predicted octanol–water partition coefficient (Wildman–Crippen LogP) is 1.72. The Kier molecular flexibility index (Phi) is 4.13. The minimum Gasteiger partial charge on any atom is -0.492 e. The van der Waals surface area contributed by atoms with Crippen LogP contribution in [0.3, 0.4) is 0 Å². The van der Waals surface area contributed by atoms with Gasteiger partial charge in [0.15, 0.2) is 0 Å². The van der Waals surface area contributed by atoms with Crippen molar-refractivity contribution in [2.75, 3.05) is 32.0 Å². The maximum absolute atomic E-state index is 12.7. The number of carbonyl (C=O) groups is 1. The lowest BCUT2D eigenvalue weighted by Gasteiger charge is -2.23. The average Bonchev–Trinajstić information content (AvgIpc) is 3.01. The van der Waals surface area contributed by atoms with Crippen molar-refractivity contribution in [3.63, 3.8) is 0 Å². The molecule has 124 valence electrons. The minimum absolute atomic E-state index is 0.0211. The van der Waals surface area contributed by atoms with Crippen LogP contribution >= 0.6 is 22.6 Å². The first-order chi connectivity index (χ1) is 11.2. The summed E-state index contributed by atoms with van der Waals surface area (Å²) in [7, 11) is 0. The fourth-order valence-corrected chi connectivity index (χ4v) is 4.70. The summed E-state index contributed by atoms with van der Waals surface area (Å²) in [6.07, 6.45) is 1.85. The third kappa shape index (κ3) is 2.69. The lowest BCUT2D eigenvalue weighted by atomic mass is 9.96. The molecule has 2 aliphatic heterocycles. The van der Waals surface area contributed by atoms with Crippen LogP contribution in [0.2, 0.25) is 0 Å². The first kappa shape index (κ1) is 15.5. The van der Waals surface area contributed by atoms with Gasteiger partial charge in [0.2, 0.25) is 0 Å². The van der Waals surface area contributed by atoms with Gasteiger partial charge < -0.3 is 21.1 Å².